The number of nitrogens with zero attached hydrogens (tertiary/aromatic N) is 1. The number of hydrogen-bond acceptors (Lipinski definition) is 5. The quantitative estimate of drug-likeness (QED) is 0.310. The Morgan fingerprint density at radius 1 is 1.11 bits per heavy atom. The second kappa shape index (κ2) is 11.0. The molecule has 1 aliphatic heterocycles. The topological polar surface area (TPSA) is 85.2 Å². The smallest absolute Gasteiger partial charge is 0.338 e. The minimum atomic E-state index is -1.36. The van der Waals surface area contributed by atoms with Crippen molar-refractivity contribution in [1.82, 2.24) is 0 Å². The zero-order valence-electron chi connectivity index (χ0n) is 20.3. The third-order valence-corrected chi connectivity index (χ3v) is 6.41. The number of rotatable bonds is 10. The molecule has 1 N–H and O–H groups in total. The van der Waals surface area contributed by atoms with Gasteiger partial charge < -0.3 is 14.6 Å². The third-order valence-electron chi connectivity index (χ3n) is 6.09. The highest BCUT2D eigenvalue weighted by molar-refractivity contribution is 6.34. The van der Waals surface area contributed by atoms with Crippen LogP contribution in [-0.2, 0) is 6.42 Å². The highest BCUT2D eigenvalue weighted by Gasteiger charge is 2.39. The number of carboxylic acids is 1. The predicted octanol–water partition coefficient (Wildman–Crippen LogP) is 6.45. The van der Waals surface area contributed by atoms with Crippen LogP contribution in [0.4, 0.5) is 4.39 Å². The summed E-state index contributed by atoms with van der Waals surface area (Å²) >= 11 is 6.48. The lowest BCUT2D eigenvalue weighted by atomic mass is 9.83. The number of ether oxygens (including phenoxy) is 2. The lowest BCUT2D eigenvalue weighted by Gasteiger charge is -2.25. The molecule has 1 aliphatic rings. The highest BCUT2D eigenvalue weighted by Crippen LogP contribution is 2.36. The van der Waals surface area contributed by atoms with Gasteiger partial charge in [0.05, 0.1) is 24.3 Å². The fraction of sp³-hybridized carbons (Fsp3) is 0.207. The first-order valence-electron chi connectivity index (χ1n) is 11.7. The molecule has 1 unspecified atom stereocenters. The van der Waals surface area contributed by atoms with Crippen molar-refractivity contribution < 1.29 is 28.6 Å². The van der Waals surface area contributed by atoms with Crippen molar-refractivity contribution in [3.63, 3.8) is 0 Å². The molecule has 1 heterocycles. The van der Waals surface area contributed by atoms with Gasteiger partial charge in [0, 0.05) is 23.8 Å². The van der Waals surface area contributed by atoms with Crippen LogP contribution in [0.15, 0.2) is 71.7 Å². The average molecular weight is 522 g/mol. The Morgan fingerprint density at radius 2 is 1.92 bits per heavy atom. The van der Waals surface area contributed by atoms with Gasteiger partial charge >= 0.3 is 5.97 Å². The summed E-state index contributed by atoms with van der Waals surface area (Å²) in [6.07, 6.45) is 5.89. The Kier molecular flexibility index (Phi) is 7.74. The van der Waals surface area contributed by atoms with Gasteiger partial charge in [-0.25, -0.2) is 9.18 Å². The Balaban J connectivity index is 1.73. The van der Waals surface area contributed by atoms with E-state index in [0.29, 0.717) is 34.8 Å². The summed E-state index contributed by atoms with van der Waals surface area (Å²) in [5.74, 6) is -1.45. The van der Waals surface area contributed by atoms with E-state index in [-0.39, 0.29) is 22.8 Å². The Morgan fingerprint density at radius 3 is 2.57 bits per heavy atom. The molecule has 0 bridgehead atoms. The van der Waals surface area contributed by atoms with Gasteiger partial charge in [0.1, 0.15) is 22.9 Å². The molecule has 3 aromatic rings. The minimum absolute atomic E-state index is 0.112. The average Bonchev–Trinajstić information content (AvgIpc) is 3.36. The van der Waals surface area contributed by atoms with Gasteiger partial charge in [-0.05, 0) is 66.1 Å². The van der Waals surface area contributed by atoms with E-state index in [9.17, 15) is 19.1 Å². The lowest BCUT2D eigenvalue weighted by molar-refractivity contribution is 0.0691. The summed E-state index contributed by atoms with van der Waals surface area (Å²) in [5, 5.41) is 9.56. The van der Waals surface area contributed by atoms with Crippen molar-refractivity contribution in [1.29, 1.82) is 0 Å². The van der Waals surface area contributed by atoms with Gasteiger partial charge in [-0.1, -0.05) is 36.7 Å². The molecule has 4 rings (SSSR count). The standard InChI is InChI=1S/C29H25ClFNO5/c1-3-14-37-20-9-10-22(24(30)16-20)27(33)29(12-5-13-32-29)17-19-15-18(8-11-25(19)36-2)21-6-4-7-23(26(21)31)28(34)35/h4-13,15-16H,3,14,17H2,1-2H3,(H,34,35). The van der Waals surface area contributed by atoms with Crippen LogP contribution >= 0.6 is 11.6 Å². The van der Waals surface area contributed by atoms with E-state index in [2.05, 4.69) is 4.99 Å². The maximum Gasteiger partial charge on any atom is 0.338 e. The molecular formula is C29H25ClFNO5. The van der Waals surface area contributed by atoms with Crippen molar-refractivity contribution in [3.05, 3.63) is 94.3 Å². The van der Waals surface area contributed by atoms with Crippen LogP contribution in [0.2, 0.25) is 5.02 Å². The summed E-state index contributed by atoms with van der Waals surface area (Å²) < 4.78 is 26.1. The van der Waals surface area contributed by atoms with Crippen molar-refractivity contribution in [2.24, 2.45) is 4.99 Å². The summed E-state index contributed by atoms with van der Waals surface area (Å²) in [4.78, 5) is 29.7. The van der Waals surface area contributed by atoms with Gasteiger partial charge in [-0.2, -0.15) is 0 Å². The highest BCUT2D eigenvalue weighted by atomic mass is 35.5. The minimum Gasteiger partial charge on any atom is -0.496 e. The number of allylic oxidation sites excluding steroid dienone is 1. The van der Waals surface area contributed by atoms with Crippen LogP contribution in [0.1, 0.15) is 39.6 Å². The lowest BCUT2D eigenvalue weighted by Crippen LogP contribution is -2.36. The van der Waals surface area contributed by atoms with E-state index < -0.39 is 22.9 Å². The van der Waals surface area contributed by atoms with Crippen molar-refractivity contribution in [2.75, 3.05) is 13.7 Å². The van der Waals surface area contributed by atoms with E-state index in [1.54, 1.807) is 54.8 Å². The van der Waals surface area contributed by atoms with E-state index >= 15 is 0 Å². The zero-order valence-corrected chi connectivity index (χ0v) is 21.1. The first-order chi connectivity index (χ1) is 17.8. The molecule has 0 saturated heterocycles. The molecule has 1 atom stereocenters. The molecule has 0 saturated carbocycles. The Bertz CT molecular complexity index is 1400. The largest absolute Gasteiger partial charge is 0.496 e. The number of methoxy groups -OCH3 is 1. The molecule has 6 nitrogen and oxygen atoms in total. The van der Waals surface area contributed by atoms with Crippen LogP contribution in [0.3, 0.4) is 0 Å². The van der Waals surface area contributed by atoms with Gasteiger partial charge in [-0.3, -0.25) is 9.79 Å². The molecule has 0 radical (unpaired) electrons. The van der Waals surface area contributed by atoms with Gasteiger partial charge in [0.15, 0.2) is 5.78 Å². The molecular weight excluding hydrogens is 497 g/mol. The molecule has 0 aliphatic carbocycles. The number of carbonyl (C=O) groups is 2. The van der Waals surface area contributed by atoms with Gasteiger partial charge in [0.25, 0.3) is 0 Å². The summed E-state index contributed by atoms with van der Waals surface area (Å²) in [6.45, 7) is 2.53. The number of Topliss-reactive ketones (excluding diaryl/α,β-unsaturated/α-hetero) is 1. The molecule has 8 heteroatoms. The monoisotopic (exact) mass is 521 g/mol. The first kappa shape index (κ1) is 26.1. The molecule has 190 valence electrons. The second-order valence-electron chi connectivity index (χ2n) is 8.56. The van der Waals surface area contributed by atoms with Crippen LogP contribution in [-0.4, -0.2) is 42.3 Å². The number of halogens is 2. The molecule has 0 amide bonds. The number of aliphatic imine (C=N–C) groups is 1. The maximum atomic E-state index is 15.0. The van der Waals surface area contributed by atoms with Crippen LogP contribution in [0, 0.1) is 5.82 Å². The van der Waals surface area contributed by atoms with Crippen LogP contribution in [0.5, 0.6) is 11.5 Å². The summed E-state index contributed by atoms with van der Waals surface area (Å²) in [6, 6.07) is 14.1. The Hall–Kier alpha value is -3.97. The first-order valence-corrected chi connectivity index (χ1v) is 12.1. The maximum absolute atomic E-state index is 15.0. The number of hydrogen-bond donors (Lipinski definition) is 1. The molecule has 0 spiro atoms. The van der Waals surface area contributed by atoms with Crippen molar-refractivity contribution >= 4 is 29.6 Å². The second-order valence-corrected chi connectivity index (χ2v) is 8.96. The van der Waals surface area contributed by atoms with Gasteiger partial charge in [-0.15, -0.1) is 0 Å². The fourth-order valence-electron chi connectivity index (χ4n) is 4.26. The van der Waals surface area contributed by atoms with Crippen LogP contribution in [0.25, 0.3) is 11.1 Å². The number of aromatic carboxylic acids is 1. The zero-order chi connectivity index (χ0) is 26.6. The van der Waals surface area contributed by atoms with Crippen molar-refractivity contribution in [3.8, 4) is 22.6 Å². The SMILES string of the molecule is CCCOc1ccc(C(=O)C2(Cc3cc(-c4cccc(C(=O)O)c4F)ccc3OC)C=CC=N2)c(Cl)c1. The van der Waals surface area contributed by atoms with Gasteiger partial charge in [0.2, 0.25) is 0 Å². The molecule has 37 heavy (non-hydrogen) atoms. The predicted molar refractivity (Wildman–Crippen MR) is 141 cm³/mol. The number of carbonyl (C=O) groups excluding carboxylic acids is 1. The van der Waals surface area contributed by atoms with Crippen molar-refractivity contribution in [2.45, 2.75) is 25.3 Å². The normalized spacial score (nSPS) is 16.1. The third kappa shape index (κ3) is 5.27. The fourth-order valence-corrected chi connectivity index (χ4v) is 4.51. The van der Waals surface area contributed by atoms with Crippen LogP contribution < -0.4 is 9.47 Å². The number of carboxylic acid groups (broad SMARTS) is 1. The van der Waals surface area contributed by atoms with E-state index in [4.69, 9.17) is 21.1 Å². The molecule has 0 fully saturated rings. The Labute approximate surface area is 219 Å². The molecule has 3 aromatic carbocycles. The summed E-state index contributed by atoms with van der Waals surface area (Å²) in [5.41, 5.74) is -0.254. The van der Waals surface area contributed by atoms with E-state index in [0.717, 1.165) is 6.42 Å². The summed E-state index contributed by atoms with van der Waals surface area (Å²) in [7, 11) is 1.50. The van der Waals surface area contributed by atoms with E-state index in [1.807, 2.05) is 6.92 Å². The van der Waals surface area contributed by atoms with E-state index in [1.165, 1.54) is 25.3 Å². The number of ketones is 1. The number of benzene rings is 3. The molecule has 0 aromatic heterocycles.